The first-order chi connectivity index (χ1) is 15.8. The molecule has 0 aliphatic heterocycles. The minimum Gasteiger partial charge on any atom is -0.366 e. The highest BCUT2D eigenvalue weighted by molar-refractivity contribution is 9.10. The van der Waals surface area contributed by atoms with Crippen molar-refractivity contribution in [2.45, 2.75) is 18.3 Å². The van der Waals surface area contributed by atoms with E-state index in [1.54, 1.807) is 48.5 Å². The number of alkyl halides is 6. The number of benzene rings is 3. The summed E-state index contributed by atoms with van der Waals surface area (Å²) in [4.78, 5) is 2.26. The van der Waals surface area contributed by atoms with Gasteiger partial charge in [-0.2, -0.15) is 26.3 Å². The van der Waals surface area contributed by atoms with Crippen LogP contribution in [0.15, 0.2) is 77.3 Å². The lowest BCUT2D eigenvalue weighted by atomic mass is 9.85. The minimum atomic E-state index is -4.31. The first kappa shape index (κ1) is 25.9. The molecule has 3 aromatic rings. The van der Waals surface area contributed by atoms with Gasteiger partial charge in [0, 0.05) is 35.9 Å². The zero-order valence-electron chi connectivity index (χ0n) is 18.5. The number of hydrogen-bond acceptors (Lipinski definition) is 2. The molecule has 0 saturated heterocycles. The molecule has 0 saturated carbocycles. The number of anilines is 2. The summed E-state index contributed by atoms with van der Waals surface area (Å²) in [5.41, 5.74) is 3.50. The Hall–Kier alpha value is -2.68. The Morgan fingerprint density at radius 2 is 0.882 bits per heavy atom. The molecule has 2 nitrogen and oxygen atoms in total. The van der Waals surface area contributed by atoms with Gasteiger partial charge in [0.15, 0.2) is 0 Å². The van der Waals surface area contributed by atoms with Crippen LogP contribution < -0.4 is 9.80 Å². The molecule has 34 heavy (non-hydrogen) atoms. The fourth-order valence-electron chi connectivity index (χ4n) is 3.80. The maximum atomic E-state index is 12.7. The second-order valence-electron chi connectivity index (χ2n) is 8.11. The molecule has 9 heteroatoms. The van der Waals surface area contributed by atoms with E-state index in [9.17, 15) is 26.3 Å². The first-order valence-electron chi connectivity index (χ1n) is 10.3. The van der Waals surface area contributed by atoms with Crippen LogP contribution in [0.2, 0.25) is 0 Å². The third kappa shape index (κ3) is 7.16. The Morgan fingerprint density at radius 3 is 1.18 bits per heavy atom. The summed E-state index contributed by atoms with van der Waals surface area (Å²) in [7, 11) is 2.76. The van der Waals surface area contributed by atoms with Gasteiger partial charge < -0.3 is 9.80 Å². The van der Waals surface area contributed by atoms with E-state index in [1.807, 2.05) is 24.3 Å². The molecular weight excluding hydrogens is 522 g/mol. The van der Waals surface area contributed by atoms with Gasteiger partial charge in [0.1, 0.15) is 13.1 Å². The van der Waals surface area contributed by atoms with Gasteiger partial charge in [-0.15, -0.1) is 0 Å². The molecule has 0 aliphatic carbocycles. The SMILES string of the molecule is CN(CC(F)(F)F)c1ccc(C(c2ccc(Br)cc2)c2ccc(N(C)CC(F)(F)F)cc2)cc1. The van der Waals surface area contributed by atoms with Crippen molar-refractivity contribution < 1.29 is 26.3 Å². The molecule has 0 radical (unpaired) electrons. The molecule has 0 aliphatic rings. The van der Waals surface area contributed by atoms with E-state index < -0.39 is 25.4 Å². The summed E-state index contributed by atoms with van der Waals surface area (Å²) >= 11 is 3.41. The van der Waals surface area contributed by atoms with Crippen molar-refractivity contribution in [3.05, 3.63) is 94.0 Å². The number of hydrogen-bond donors (Lipinski definition) is 0. The average molecular weight is 545 g/mol. The standard InChI is InChI=1S/C25H23BrF6N2/c1-33(15-24(27,28)29)21-11-5-18(6-12-21)23(17-3-9-20(26)10-4-17)19-7-13-22(14-8-19)34(2)16-25(30,31)32/h3-14,23H,15-16H2,1-2H3. The zero-order valence-corrected chi connectivity index (χ0v) is 20.0. The highest BCUT2D eigenvalue weighted by atomic mass is 79.9. The van der Waals surface area contributed by atoms with Crippen LogP contribution in [0.1, 0.15) is 22.6 Å². The first-order valence-corrected chi connectivity index (χ1v) is 11.1. The normalized spacial score (nSPS) is 12.2. The lowest BCUT2D eigenvalue weighted by molar-refractivity contribution is -0.120. The van der Waals surface area contributed by atoms with Gasteiger partial charge in [-0.25, -0.2) is 0 Å². The van der Waals surface area contributed by atoms with Crippen molar-refractivity contribution in [2.75, 3.05) is 37.0 Å². The van der Waals surface area contributed by atoms with Crippen LogP contribution in [0.25, 0.3) is 0 Å². The number of rotatable bonds is 7. The topological polar surface area (TPSA) is 6.48 Å². The van der Waals surface area contributed by atoms with E-state index in [2.05, 4.69) is 15.9 Å². The Labute approximate surface area is 202 Å². The van der Waals surface area contributed by atoms with Crippen molar-refractivity contribution in [1.82, 2.24) is 0 Å². The van der Waals surface area contributed by atoms with Crippen LogP contribution in [0.5, 0.6) is 0 Å². The van der Waals surface area contributed by atoms with Gasteiger partial charge in [-0.3, -0.25) is 0 Å². The van der Waals surface area contributed by atoms with Gasteiger partial charge in [-0.1, -0.05) is 52.3 Å². The second kappa shape index (κ2) is 10.3. The molecule has 182 valence electrons. The summed E-state index contributed by atoms with van der Waals surface area (Å²) in [6.07, 6.45) is -8.62. The van der Waals surface area contributed by atoms with Crippen LogP contribution in [-0.4, -0.2) is 39.5 Å². The molecule has 0 amide bonds. The van der Waals surface area contributed by atoms with Crippen LogP contribution in [0, 0.1) is 0 Å². The van der Waals surface area contributed by atoms with Crippen LogP contribution >= 0.6 is 15.9 Å². The maximum Gasteiger partial charge on any atom is 0.405 e. The van der Waals surface area contributed by atoms with Gasteiger partial charge in [0.25, 0.3) is 0 Å². The summed E-state index contributed by atoms with van der Waals surface area (Å²) in [6.45, 7) is -2.12. The predicted molar refractivity (Wildman–Crippen MR) is 127 cm³/mol. The van der Waals surface area contributed by atoms with E-state index in [1.165, 1.54) is 14.1 Å². The number of nitrogens with zero attached hydrogens (tertiary/aromatic N) is 2. The van der Waals surface area contributed by atoms with Crippen molar-refractivity contribution in [3.63, 3.8) is 0 Å². The largest absolute Gasteiger partial charge is 0.405 e. The molecule has 0 bridgehead atoms. The summed E-state index contributed by atoms with van der Waals surface area (Å²) in [6, 6.07) is 21.3. The Kier molecular flexibility index (Phi) is 7.85. The van der Waals surface area contributed by atoms with Crippen molar-refractivity contribution in [3.8, 4) is 0 Å². The van der Waals surface area contributed by atoms with Crippen molar-refractivity contribution in [1.29, 1.82) is 0 Å². The maximum absolute atomic E-state index is 12.7. The highest BCUT2D eigenvalue weighted by Crippen LogP contribution is 2.35. The fraction of sp³-hybridized carbons (Fsp3) is 0.280. The monoisotopic (exact) mass is 544 g/mol. The Morgan fingerprint density at radius 1 is 0.588 bits per heavy atom. The van der Waals surface area contributed by atoms with E-state index in [0.717, 1.165) is 31.0 Å². The van der Waals surface area contributed by atoms with Crippen LogP contribution in [0.4, 0.5) is 37.7 Å². The summed E-state index contributed by atoms with van der Waals surface area (Å²) in [5, 5.41) is 0. The highest BCUT2D eigenvalue weighted by Gasteiger charge is 2.30. The molecule has 0 fully saturated rings. The molecule has 3 aromatic carbocycles. The van der Waals surface area contributed by atoms with Crippen LogP contribution in [0.3, 0.4) is 0 Å². The molecule has 0 unspecified atom stereocenters. The van der Waals surface area contributed by atoms with E-state index in [-0.39, 0.29) is 5.92 Å². The minimum absolute atomic E-state index is 0.253. The molecule has 0 heterocycles. The molecular formula is C25H23BrF6N2. The van der Waals surface area contributed by atoms with Crippen LogP contribution in [-0.2, 0) is 0 Å². The molecule has 0 spiro atoms. The smallest absolute Gasteiger partial charge is 0.366 e. The Balaban J connectivity index is 1.93. The molecule has 0 N–H and O–H groups in total. The van der Waals surface area contributed by atoms with Crippen molar-refractivity contribution >= 4 is 27.3 Å². The van der Waals surface area contributed by atoms with Gasteiger partial charge in [0.05, 0.1) is 0 Å². The average Bonchev–Trinajstić information content (AvgIpc) is 2.74. The summed E-state index contributed by atoms with van der Waals surface area (Å²) in [5.74, 6) is -0.253. The van der Waals surface area contributed by atoms with Gasteiger partial charge >= 0.3 is 12.4 Å². The fourth-order valence-corrected chi connectivity index (χ4v) is 4.06. The second-order valence-corrected chi connectivity index (χ2v) is 9.03. The lowest BCUT2D eigenvalue weighted by Crippen LogP contribution is -2.30. The third-order valence-corrected chi connectivity index (χ3v) is 5.90. The van der Waals surface area contributed by atoms with E-state index in [4.69, 9.17) is 0 Å². The van der Waals surface area contributed by atoms with Gasteiger partial charge in [-0.05, 0) is 53.1 Å². The molecule has 3 rings (SSSR count). The quantitative estimate of drug-likeness (QED) is 0.223. The predicted octanol–water partition coefficient (Wildman–Crippen LogP) is 7.63. The van der Waals surface area contributed by atoms with Crippen molar-refractivity contribution in [2.24, 2.45) is 0 Å². The molecule has 0 aromatic heterocycles. The van der Waals surface area contributed by atoms with E-state index >= 15 is 0 Å². The third-order valence-electron chi connectivity index (χ3n) is 5.37. The van der Waals surface area contributed by atoms with E-state index in [0.29, 0.717) is 11.4 Å². The Bertz CT molecular complexity index is 996. The summed E-state index contributed by atoms with van der Waals surface area (Å²) < 4.78 is 77.4. The zero-order chi connectivity index (χ0) is 25.1. The molecule has 0 atom stereocenters. The van der Waals surface area contributed by atoms with Gasteiger partial charge in [0.2, 0.25) is 0 Å². The lowest BCUT2D eigenvalue weighted by Gasteiger charge is -2.24. The number of halogens is 7.